The number of aromatic carboxylic acids is 1. The highest BCUT2D eigenvalue weighted by atomic mass is 32.2. The average Bonchev–Trinajstić information content (AvgIpc) is 3.33. The summed E-state index contributed by atoms with van der Waals surface area (Å²) in [6.45, 7) is 0.755. The van der Waals surface area contributed by atoms with E-state index in [1.165, 1.54) is 41.3 Å². The second kappa shape index (κ2) is 7.79. The van der Waals surface area contributed by atoms with Gasteiger partial charge in [0.1, 0.15) is 0 Å². The number of ether oxygens (including phenoxy) is 1. The number of carbonyl (C=O) groups is 3. The molecule has 168 valence electrons. The van der Waals surface area contributed by atoms with Crippen LogP contribution in [-0.4, -0.2) is 55.5 Å². The summed E-state index contributed by atoms with van der Waals surface area (Å²) in [5, 5.41) is 9.64. The van der Waals surface area contributed by atoms with Gasteiger partial charge < -0.3 is 9.84 Å². The van der Waals surface area contributed by atoms with Gasteiger partial charge in [0.15, 0.2) is 0 Å². The number of carbonyl (C=O) groups excluding carboxylic acids is 2. The quantitative estimate of drug-likeness (QED) is 0.575. The number of benzene rings is 3. The van der Waals surface area contributed by atoms with E-state index in [-0.39, 0.29) is 44.5 Å². The van der Waals surface area contributed by atoms with Crippen molar-refractivity contribution in [2.45, 2.75) is 28.7 Å². The highest BCUT2D eigenvalue weighted by molar-refractivity contribution is 7.91. The van der Waals surface area contributed by atoms with Gasteiger partial charge >= 0.3 is 5.97 Å². The summed E-state index contributed by atoms with van der Waals surface area (Å²) >= 11 is 0. The van der Waals surface area contributed by atoms with Crippen LogP contribution >= 0.6 is 0 Å². The molecule has 8 nitrogen and oxygen atoms in total. The van der Waals surface area contributed by atoms with Crippen LogP contribution in [0.3, 0.4) is 0 Å². The van der Waals surface area contributed by atoms with Crippen molar-refractivity contribution in [2.24, 2.45) is 0 Å². The molecule has 5 rings (SSSR count). The number of amides is 2. The molecule has 2 amide bonds. The number of nitrogens with zero attached hydrogens (tertiary/aromatic N) is 1. The Morgan fingerprint density at radius 3 is 2.33 bits per heavy atom. The number of hydrogen-bond donors (Lipinski definition) is 1. The van der Waals surface area contributed by atoms with Crippen LogP contribution < -0.4 is 0 Å². The Bertz CT molecular complexity index is 1400. The molecule has 2 aliphatic rings. The maximum absolute atomic E-state index is 13.4. The van der Waals surface area contributed by atoms with Crippen molar-refractivity contribution in [1.29, 1.82) is 0 Å². The minimum absolute atomic E-state index is 0.0339. The number of sulfone groups is 1. The van der Waals surface area contributed by atoms with Crippen LogP contribution in [0.2, 0.25) is 0 Å². The SMILES string of the molecule is O=C(O)c1ccc(S(=O)(=O)c2ccc3c4c(cccc24)C(=O)N(C[C@H]2CCCO2)C3=O)cc1. The predicted octanol–water partition coefficient (Wildman–Crippen LogP) is 3.15. The molecular formula is C24H19NO7S. The van der Waals surface area contributed by atoms with Crippen LogP contribution in [-0.2, 0) is 14.6 Å². The van der Waals surface area contributed by atoms with E-state index < -0.39 is 27.6 Å². The summed E-state index contributed by atoms with van der Waals surface area (Å²) in [7, 11) is -4.04. The van der Waals surface area contributed by atoms with E-state index >= 15 is 0 Å². The van der Waals surface area contributed by atoms with Gasteiger partial charge in [-0.3, -0.25) is 14.5 Å². The van der Waals surface area contributed by atoms with Gasteiger partial charge in [-0.25, -0.2) is 13.2 Å². The summed E-state index contributed by atoms with van der Waals surface area (Å²) in [5.74, 6) is -2.12. The molecule has 1 N–H and O–H groups in total. The fourth-order valence-corrected chi connectivity index (χ4v) is 5.87. The van der Waals surface area contributed by atoms with E-state index in [1.807, 2.05) is 0 Å². The van der Waals surface area contributed by atoms with Gasteiger partial charge in [0.25, 0.3) is 11.8 Å². The summed E-state index contributed by atoms with van der Waals surface area (Å²) in [4.78, 5) is 38.5. The monoisotopic (exact) mass is 465 g/mol. The lowest BCUT2D eigenvalue weighted by atomic mass is 9.94. The van der Waals surface area contributed by atoms with Gasteiger partial charge in [0.05, 0.1) is 28.0 Å². The van der Waals surface area contributed by atoms with Crippen LogP contribution in [0.15, 0.2) is 64.4 Å². The molecule has 2 heterocycles. The van der Waals surface area contributed by atoms with Crippen molar-refractivity contribution in [3.8, 4) is 0 Å². The molecule has 9 heteroatoms. The first-order valence-corrected chi connectivity index (χ1v) is 11.9. The number of carboxylic acid groups (broad SMARTS) is 1. The summed E-state index contributed by atoms with van der Waals surface area (Å²) in [6, 6.07) is 12.4. The fourth-order valence-electron chi connectivity index (χ4n) is 4.42. The smallest absolute Gasteiger partial charge is 0.335 e. The molecule has 0 unspecified atom stereocenters. The summed E-state index contributed by atoms with van der Waals surface area (Å²) in [5.41, 5.74) is 0.491. The lowest BCUT2D eigenvalue weighted by molar-refractivity contribution is 0.0437. The van der Waals surface area contributed by atoms with E-state index in [0.717, 1.165) is 12.8 Å². The molecule has 0 saturated carbocycles. The predicted molar refractivity (Wildman–Crippen MR) is 117 cm³/mol. The maximum atomic E-state index is 13.4. The Balaban J connectivity index is 1.62. The van der Waals surface area contributed by atoms with Crippen LogP contribution in [0.25, 0.3) is 10.8 Å². The van der Waals surface area contributed by atoms with E-state index in [2.05, 4.69) is 0 Å². The Labute approximate surface area is 189 Å². The van der Waals surface area contributed by atoms with Gasteiger partial charge in [-0.05, 0) is 55.3 Å². The van der Waals surface area contributed by atoms with Gasteiger partial charge in [-0.15, -0.1) is 0 Å². The molecular weight excluding hydrogens is 446 g/mol. The topological polar surface area (TPSA) is 118 Å². The number of rotatable bonds is 5. The van der Waals surface area contributed by atoms with E-state index in [0.29, 0.717) is 12.0 Å². The fraction of sp³-hybridized carbons (Fsp3) is 0.208. The molecule has 0 aromatic heterocycles. The van der Waals surface area contributed by atoms with Crippen molar-refractivity contribution >= 4 is 38.4 Å². The first-order chi connectivity index (χ1) is 15.8. The molecule has 33 heavy (non-hydrogen) atoms. The Kier molecular flexibility index (Phi) is 5.02. The second-order valence-electron chi connectivity index (χ2n) is 8.03. The average molecular weight is 465 g/mol. The maximum Gasteiger partial charge on any atom is 0.335 e. The molecule has 0 aliphatic carbocycles. The van der Waals surface area contributed by atoms with Crippen molar-refractivity contribution in [3.63, 3.8) is 0 Å². The molecule has 1 fully saturated rings. The van der Waals surface area contributed by atoms with Gasteiger partial charge in [-0.1, -0.05) is 12.1 Å². The van der Waals surface area contributed by atoms with Crippen molar-refractivity contribution in [3.05, 3.63) is 71.3 Å². The van der Waals surface area contributed by atoms with E-state index in [4.69, 9.17) is 9.84 Å². The Morgan fingerprint density at radius 2 is 1.70 bits per heavy atom. The minimum atomic E-state index is -4.04. The lowest BCUT2D eigenvalue weighted by Gasteiger charge is -2.29. The third kappa shape index (κ3) is 3.40. The minimum Gasteiger partial charge on any atom is -0.478 e. The standard InChI is InChI=1S/C24H19NO7S/c26-22-18-5-1-4-17-20(33(30,31)16-8-6-14(7-9-16)24(28)29)11-10-19(21(17)18)23(27)25(22)13-15-3-2-12-32-15/h1,4-11,15H,2-3,12-13H2,(H,28,29)/t15-/m1/s1. The zero-order valence-electron chi connectivity index (χ0n) is 17.4. The van der Waals surface area contributed by atoms with E-state index in [1.54, 1.807) is 18.2 Å². The van der Waals surface area contributed by atoms with Crippen molar-refractivity contribution in [1.82, 2.24) is 4.90 Å². The van der Waals surface area contributed by atoms with Crippen molar-refractivity contribution in [2.75, 3.05) is 13.2 Å². The van der Waals surface area contributed by atoms with E-state index in [9.17, 15) is 22.8 Å². The third-order valence-corrected chi connectivity index (χ3v) is 7.89. The van der Waals surface area contributed by atoms with Crippen LogP contribution in [0.4, 0.5) is 0 Å². The molecule has 0 bridgehead atoms. The van der Waals surface area contributed by atoms with Gasteiger partial charge in [0, 0.05) is 28.5 Å². The summed E-state index contributed by atoms with van der Waals surface area (Å²) < 4.78 is 32.3. The number of imide groups is 1. The zero-order valence-corrected chi connectivity index (χ0v) is 18.2. The highest BCUT2D eigenvalue weighted by Crippen LogP contribution is 2.36. The first-order valence-electron chi connectivity index (χ1n) is 10.4. The first kappa shape index (κ1) is 21.3. The molecule has 0 radical (unpaired) electrons. The molecule has 0 spiro atoms. The molecule has 3 aromatic carbocycles. The molecule has 1 saturated heterocycles. The zero-order chi connectivity index (χ0) is 23.3. The number of hydrogen-bond acceptors (Lipinski definition) is 6. The lowest BCUT2D eigenvalue weighted by Crippen LogP contribution is -2.44. The third-order valence-electron chi connectivity index (χ3n) is 6.06. The molecule has 3 aromatic rings. The van der Waals surface area contributed by atoms with Crippen LogP contribution in [0.5, 0.6) is 0 Å². The normalized spacial score (nSPS) is 18.2. The largest absolute Gasteiger partial charge is 0.478 e. The second-order valence-corrected chi connectivity index (χ2v) is 9.95. The Morgan fingerprint density at radius 1 is 1.00 bits per heavy atom. The Hall–Kier alpha value is -3.56. The molecule has 1 atom stereocenters. The van der Waals surface area contributed by atoms with Crippen LogP contribution in [0, 0.1) is 0 Å². The number of carboxylic acids is 1. The van der Waals surface area contributed by atoms with Gasteiger partial charge in [0.2, 0.25) is 9.84 Å². The van der Waals surface area contributed by atoms with Crippen molar-refractivity contribution < 1.29 is 32.6 Å². The van der Waals surface area contributed by atoms with Gasteiger partial charge in [-0.2, -0.15) is 0 Å². The van der Waals surface area contributed by atoms with Crippen LogP contribution in [0.1, 0.15) is 43.9 Å². The summed E-state index contributed by atoms with van der Waals surface area (Å²) in [6.07, 6.45) is 1.44. The highest BCUT2D eigenvalue weighted by Gasteiger charge is 2.36. The molecule has 2 aliphatic heterocycles.